The Balaban J connectivity index is 4.06. The van der Waals surface area contributed by atoms with E-state index in [1.165, 1.54) is 6.92 Å². The number of aldehydes is 1. The second kappa shape index (κ2) is 4.77. The second-order valence-corrected chi connectivity index (χ2v) is 2.52. The molecule has 0 saturated carbocycles. The monoisotopic (exact) mass is 155 g/mol. The Morgan fingerprint density at radius 3 is 2.45 bits per heavy atom. The van der Waals surface area contributed by atoms with E-state index in [1.807, 2.05) is 0 Å². The molecule has 0 aliphatic carbocycles. The van der Waals surface area contributed by atoms with E-state index in [-0.39, 0.29) is 11.8 Å². The van der Waals surface area contributed by atoms with Gasteiger partial charge in [0.25, 0.3) is 0 Å². The number of hydrogen-bond acceptors (Lipinski definition) is 3. The summed E-state index contributed by atoms with van der Waals surface area (Å²) in [6, 6.07) is -0.310. The average Bonchev–Trinajstić information content (AvgIpc) is 1.87. The highest BCUT2D eigenvalue weighted by Crippen LogP contribution is 1.93. The van der Waals surface area contributed by atoms with Crippen LogP contribution in [0.3, 0.4) is 0 Å². The zero-order valence-electron chi connectivity index (χ0n) is 7.13. The van der Waals surface area contributed by atoms with Gasteiger partial charge in [-0.1, -0.05) is 0 Å². The molecule has 0 amide bonds. The van der Waals surface area contributed by atoms with Crippen LogP contribution in [0, 0.1) is 0 Å². The van der Waals surface area contributed by atoms with Gasteiger partial charge in [-0.15, -0.1) is 0 Å². The van der Waals surface area contributed by atoms with Gasteiger partial charge >= 0.3 is 0 Å². The first-order valence-electron chi connectivity index (χ1n) is 3.55. The summed E-state index contributed by atoms with van der Waals surface area (Å²) >= 11 is 0. The van der Waals surface area contributed by atoms with Crippen LogP contribution in [0.25, 0.3) is 0 Å². The molecule has 0 saturated heterocycles. The van der Waals surface area contributed by atoms with Crippen LogP contribution in [0.5, 0.6) is 0 Å². The summed E-state index contributed by atoms with van der Waals surface area (Å²) in [5.41, 5.74) is 0.711. The van der Waals surface area contributed by atoms with Gasteiger partial charge in [-0.3, -0.25) is 9.79 Å². The molecule has 0 rings (SSSR count). The highest BCUT2D eigenvalue weighted by Gasteiger charge is 2.04. The van der Waals surface area contributed by atoms with Crippen molar-refractivity contribution in [2.75, 3.05) is 0 Å². The first-order chi connectivity index (χ1) is 5.07. The molecule has 0 aromatic heterocycles. The first kappa shape index (κ1) is 10.0. The quantitative estimate of drug-likeness (QED) is 0.449. The molecular formula is C8H13NO2. The molecule has 3 heteroatoms. The highest BCUT2D eigenvalue weighted by atomic mass is 16.1. The third-order valence-corrected chi connectivity index (χ3v) is 1.38. The van der Waals surface area contributed by atoms with Crippen LogP contribution in [-0.2, 0) is 9.59 Å². The van der Waals surface area contributed by atoms with Gasteiger partial charge in [-0.2, -0.15) is 0 Å². The fraction of sp³-hybridized carbons (Fsp3) is 0.625. The van der Waals surface area contributed by atoms with Gasteiger partial charge in [0.1, 0.15) is 12.3 Å². The van der Waals surface area contributed by atoms with Gasteiger partial charge in [0.2, 0.25) is 0 Å². The molecule has 0 heterocycles. The van der Waals surface area contributed by atoms with Crippen LogP contribution in [0.4, 0.5) is 0 Å². The van der Waals surface area contributed by atoms with Crippen molar-refractivity contribution in [1.29, 1.82) is 0 Å². The number of nitrogens with zero attached hydrogens (tertiary/aromatic N) is 1. The van der Waals surface area contributed by atoms with Crippen LogP contribution in [-0.4, -0.2) is 23.8 Å². The molecule has 0 fully saturated rings. The lowest BCUT2D eigenvalue weighted by Gasteiger charge is -2.01. The molecule has 0 aromatic rings. The van der Waals surface area contributed by atoms with Crippen molar-refractivity contribution in [2.45, 2.75) is 33.2 Å². The molecule has 1 atom stereocenters. The van der Waals surface area contributed by atoms with Crippen molar-refractivity contribution in [3.8, 4) is 0 Å². The number of carbonyl (C=O) groups excluding carboxylic acids is 2. The van der Waals surface area contributed by atoms with Crippen LogP contribution < -0.4 is 0 Å². The molecular weight excluding hydrogens is 142 g/mol. The Bertz CT molecular complexity index is 185. The third kappa shape index (κ3) is 4.42. The Kier molecular flexibility index (Phi) is 4.34. The SMILES string of the molecule is CC(=O)C(C)N=C(C)CC=O. The number of carbonyl (C=O) groups is 2. The van der Waals surface area contributed by atoms with E-state index in [4.69, 9.17) is 0 Å². The lowest BCUT2D eigenvalue weighted by Crippen LogP contribution is -2.12. The minimum absolute atomic E-state index is 0.0234. The maximum Gasteiger partial charge on any atom is 0.153 e. The van der Waals surface area contributed by atoms with Crippen molar-refractivity contribution >= 4 is 17.8 Å². The third-order valence-electron chi connectivity index (χ3n) is 1.38. The summed E-state index contributed by atoms with van der Waals surface area (Å²) in [4.78, 5) is 24.7. The first-order valence-corrected chi connectivity index (χ1v) is 3.55. The standard InChI is InChI=1S/C8H13NO2/c1-6(4-5-10)9-7(2)8(3)11/h5,7H,4H2,1-3H3. The molecule has 0 radical (unpaired) electrons. The van der Waals surface area contributed by atoms with Crippen molar-refractivity contribution in [1.82, 2.24) is 0 Å². The zero-order valence-corrected chi connectivity index (χ0v) is 7.13. The molecule has 0 aliphatic heterocycles. The largest absolute Gasteiger partial charge is 0.303 e. The van der Waals surface area contributed by atoms with Crippen molar-refractivity contribution < 1.29 is 9.59 Å². The van der Waals surface area contributed by atoms with Gasteiger partial charge in [-0.25, -0.2) is 0 Å². The number of ketones is 1. The molecule has 0 spiro atoms. The molecule has 3 nitrogen and oxygen atoms in total. The topological polar surface area (TPSA) is 46.5 Å². The van der Waals surface area contributed by atoms with E-state index in [0.717, 1.165) is 6.29 Å². The van der Waals surface area contributed by atoms with E-state index in [2.05, 4.69) is 4.99 Å². The van der Waals surface area contributed by atoms with Crippen molar-refractivity contribution in [3.05, 3.63) is 0 Å². The van der Waals surface area contributed by atoms with Gasteiger partial charge in [0.05, 0.1) is 0 Å². The normalized spacial score (nSPS) is 14.3. The zero-order chi connectivity index (χ0) is 8.85. The lowest BCUT2D eigenvalue weighted by molar-refractivity contribution is -0.117. The molecule has 0 N–H and O–H groups in total. The Morgan fingerprint density at radius 2 is 2.09 bits per heavy atom. The van der Waals surface area contributed by atoms with Gasteiger partial charge in [-0.05, 0) is 20.8 Å². The Morgan fingerprint density at radius 1 is 1.55 bits per heavy atom. The summed E-state index contributed by atoms with van der Waals surface area (Å²) in [7, 11) is 0. The van der Waals surface area contributed by atoms with Gasteiger partial charge < -0.3 is 4.79 Å². The number of hydrogen-bond donors (Lipinski definition) is 0. The molecule has 0 aromatic carbocycles. The molecule has 62 valence electrons. The summed E-state index contributed by atoms with van der Waals surface area (Å²) < 4.78 is 0. The molecule has 0 bridgehead atoms. The van der Waals surface area contributed by atoms with Crippen LogP contribution in [0.15, 0.2) is 4.99 Å². The maximum absolute atomic E-state index is 10.7. The van der Waals surface area contributed by atoms with Gasteiger partial charge in [0.15, 0.2) is 5.78 Å². The van der Waals surface area contributed by atoms with Crippen LogP contribution >= 0.6 is 0 Å². The van der Waals surface area contributed by atoms with Crippen LogP contribution in [0.2, 0.25) is 0 Å². The molecule has 1 unspecified atom stereocenters. The Labute approximate surface area is 66.5 Å². The minimum Gasteiger partial charge on any atom is -0.303 e. The lowest BCUT2D eigenvalue weighted by atomic mass is 10.2. The predicted molar refractivity (Wildman–Crippen MR) is 43.9 cm³/mol. The van der Waals surface area contributed by atoms with Crippen molar-refractivity contribution in [3.63, 3.8) is 0 Å². The fourth-order valence-corrected chi connectivity index (χ4v) is 0.595. The van der Waals surface area contributed by atoms with Crippen molar-refractivity contribution in [2.24, 2.45) is 4.99 Å². The van der Waals surface area contributed by atoms with E-state index in [0.29, 0.717) is 12.1 Å². The summed E-state index contributed by atoms with van der Waals surface area (Å²) in [6.45, 7) is 4.95. The molecule has 0 aliphatic rings. The van der Waals surface area contributed by atoms with Crippen LogP contribution in [0.1, 0.15) is 27.2 Å². The highest BCUT2D eigenvalue weighted by molar-refractivity contribution is 5.94. The minimum atomic E-state index is -0.310. The summed E-state index contributed by atoms with van der Waals surface area (Å²) in [5.74, 6) is 0.0234. The average molecular weight is 155 g/mol. The summed E-state index contributed by atoms with van der Waals surface area (Å²) in [6.07, 6.45) is 1.10. The number of Topliss-reactive ketones (excluding diaryl/α,β-unsaturated/α-hetero) is 1. The Hall–Kier alpha value is -0.990. The predicted octanol–water partition coefficient (Wildman–Crippen LogP) is 1.01. The second-order valence-electron chi connectivity index (χ2n) is 2.52. The molecule has 11 heavy (non-hydrogen) atoms. The van der Waals surface area contributed by atoms with E-state index in [9.17, 15) is 9.59 Å². The maximum atomic E-state index is 10.7. The van der Waals surface area contributed by atoms with E-state index >= 15 is 0 Å². The van der Waals surface area contributed by atoms with E-state index in [1.54, 1.807) is 13.8 Å². The van der Waals surface area contributed by atoms with Gasteiger partial charge in [0, 0.05) is 12.1 Å². The smallest absolute Gasteiger partial charge is 0.153 e. The number of rotatable bonds is 4. The van der Waals surface area contributed by atoms with E-state index < -0.39 is 0 Å². The fourth-order valence-electron chi connectivity index (χ4n) is 0.595. The summed E-state index contributed by atoms with van der Waals surface area (Å²) in [5, 5.41) is 0. The number of aliphatic imine (C=N–C) groups is 1.